The summed E-state index contributed by atoms with van der Waals surface area (Å²) in [6.07, 6.45) is 0.884. The van der Waals surface area contributed by atoms with E-state index in [2.05, 4.69) is 53.8 Å². The first-order valence-corrected chi connectivity index (χ1v) is 10.9. The summed E-state index contributed by atoms with van der Waals surface area (Å²) in [7, 11) is -2.15. The molecule has 0 saturated heterocycles. The molecule has 0 bridgehead atoms. The second-order valence-corrected chi connectivity index (χ2v) is 13.3. The zero-order chi connectivity index (χ0) is 16.9. The predicted octanol–water partition coefficient (Wildman–Crippen LogP) is 4.42. The number of nitrogens with zero attached hydrogens (tertiary/aromatic N) is 1. The fraction of sp³-hybridized carbons (Fsp3) is 0.556. The standard InChI is InChI=1S/C18H27NO2Si/c1-12(2)11-13-9-8-10-14-15(13)19(17(21)16(14)20)22(6,7)18(3,4)5/h8-10,12H,11H2,1-7H3. The average Bonchev–Trinajstić information content (AvgIpc) is 2.62. The molecule has 3 nitrogen and oxygen atoms in total. The summed E-state index contributed by atoms with van der Waals surface area (Å²) in [5, 5.41) is -0.00447. The first-order chi connectivity index (χ1) is 9.98. The van der Waals surface area contributed by atoms with Gasteiger partial charge in [-0.2, -0.15) is 0 Å². The second kappa shape index (κ2) is 5.34. The van der Waals surface area contributed by atoms with Crippen molar-refractivity contribution in [3.05, 3.63) is 29.3 Å². The molecule has 0 N–H and O–H groups in total. The summed E-state index contributed by atoms with van der Waals surface area (Å²) in [5.41, 5.74) is 2.60. The van der Waals surface area contributed by atoms with Gasteiger partial charge in [-0.1, -0.05) is 59.8 Å². The molecular formula is C18H27NO2Si. The minimum absolute atomic E-state index is 0.00447. The molecule has 1 amide bonds. The Morgan fingerprint density at radius 3 is 2.23 bits per heavy atom. The molecule has 0 spiro atoms. The first kappa shape index (κ1) is 16.9. The largest absolute Gasteiger partial charge is 0.332 e. The number of hydrogen-bond donors (Lipinski definition) is 0. The lowest BCUT2D eigenvalue weighted by atomic mass is 9.99. The molecule has 0 atom stereocenters. The number of hydrogen-bond acceptors (Lipinski definition) is 2. The third-order valence-corrected chi connectivity index (χ3v) is 10.2. The molecule has 0 aromatic heterocycles. The van der Waals surface area contributed by atoms with Crippen LogP contribution in [-0.2, 0) is 11.2 Å². The molecule has 22 heavy (non-hydrogen) atoms. The number of rotatable bonds is 3. The maximum atomic E-state index is 12.7. The molecule has 0 aliphatic carbocycles. The number of carbonyl (C=O) groups excluding carboxylic acids is 2. The van der Waals surface area contributed by atoms with E-state index in [-0.39, 0.29) is 16.7 Å². The highest BCUT2D eigenvalue weighted by molar-refractivity contribution is 6.90. The minimum Gasteiger partial charge on any atom is -0.332 e. The lowest BCUT2D eigenvalue weighted by Gasteiger charge is -2.44. The monoisotopic (exact) mass is 317 g/mol. The fourth-order valence-electron chi connectivity index (χ4n) is 2.83. The van der Waals surface area contributed by atoms with Gasteiger partial charge in [0.1, 0.15) is 0 Å². The molecule has 1 aromatic carbocycles. The molecular weight excluding hydrogens is 290 g/mol. The van der Waals surface area contributed by atoms with Gasteiger partial charge in [0.05, 0.1) is 11.3 Å². The van der Waals surface area contributed by atoms with Crippen LogP contribution in [0.25, 0.3) is 0 Å². The lowest BCUT2D eigenvalue weighted by Crippen LogP contribution is -2.57. The Morgan fingerprint density at radius 2 is 1.73 bits per heavy atom. The van der Waals surface area contributed by atoms with Gasteiger partial charge >= 0.3 is 0 Å². The number of fused-ring (bicyclic) bond motifs is 1. The van der Waals surface area contributed by atoms with Gasteiger partial charge in [0.2, 0.25) is 0 Å². The van der Waals surface area contributed by atoms with Crippen LogP contribution in [-0.4, -0.2) is 19.9 Å². The third kappa shape index (κ3) is 2.54. The molecule has 0 unspecified atom stereocenters. The van der Waals surface area contributed by atoms with Gasteiger partial charge in [-0.25, -0.2) is 0 Å². The molecule has 1 aliphatic heterocycles. The van der Waals surface area contributed by atoms with Crippen molar-refractivity contribution in [1.29, 1.82) is 0 Å². The fourth-order valence-corrected chi connectivity index (χ4v) is 4.93. The van der Waals surface area contributed by atoms with Crippen molar-refractivity contribution in [2.75, 3.05) is 4.57 Å². The van der Waals surface area contributed by atoms with E-state index in [0.29, 0.717) is 11.5 Å². The van der Waals surface area contributed by atoms with E-state index in [1.165, 1.54) is 0 Å². The van der Waals surface area contributed by atoms with Crippen molar-refractivity contribution >= 4 is 25.6 Å². The van der Waals surface area contributed by atoms with Gasteiger partial charge in [0.25, 0.3) is 11.7 Å². The summed E-state index contributed by atoms with van der Waals surface area (Å²) in [6.45, 7) is 15.2. The summed E-state index contributed by atoms with van der Waals surface area (Å²) < 4.78 is 1.88. The van der Waals surface area contributed by atoms with Crippen LogP contribution in [0.2, 0.25) is 18.1 Å². The molecule has 0 fully saturated rings. The summed E-state index contributed by atoms with van der Waals surface area (Å²) in [5.74, 6) is -0.193. The maximum absolute atomic E-state index is 12.7. The molecule has 1 aliphatic rings. The average molecular weight is 318 g/mol. The SMILES string of the molecule is CC(C)Cc1cccc2c1N([Si](C)(C)C(C)(C)C)C(=O)C2=O. The van der Waals surface area contributed by atoms with Crippen molar-refractivity contribution in [1.82, 2.24) is 0 Å². The van der Waals surface area contributed by atoms with Crippen molar-refractivity contribution in [2.45, 2.75) is 59.2 Å². The summed E-state index contributed by atoms with van der Waals surface area (Å²) in [4.78, 5) is 25.2. The molecule has 120 valence electrons. The lowest BCUT2D eigenvalue weighted by molar-refractivity contribution is -0.113. The van der Waals surface area contributed by atoms with E-state index >= 15 is 0 Å². The van der Waals surface area contributed by atoms with Crippen LogP contribution in [0, 0.1) is 5.92 Å². The van der Waals surface area contributed by atoms with E-state index in [4.69, 9.17) is 0 Å². The minimum atomic E-state index is -2.15. The first-order valence-electron chi connectivity index (χ1n) is 7.99. The normalized spacial score (nSPS) is 15.7. The van der Waals surface area contributed by atoms with Crippen molar-refractivity contribution in [3.8, 4) is 0 Å². The number of Topliss-reactive ketones (excluding diaryl/α,β-unsaturated/α-hetero) is 1. The highest BCUT2D eigenvalue weighted by Crippen LogP contribution is 2.45. The Labute approximate surface area is 134 Å². The number of carbonyl (C=O) groups is 2. The summed E-state index contributed by atoms with van der Waals surface area (Å²) >= 11 is 0. The molecule has 0 saturated carbocycles. The summed E-state index contributed by atoms with van der Waals surface area (Å²) in [6, 6.07) is 5.76. The Kier molecular flexibility index (Phi) is 4.11. The van der Waals surface area contributed by atoms with Crippen LogP contribution in [0.5, 0.6) is 0 Å². The van der Waals surface area contributed by atoms with Crippen LogP contribution in [0.4, 0.5) is 5.69 Å². The molecule has 4 heteroatoms. The van der Waals surface area contributed by atoms with Gasteiger partial charge in [0, 0.05) is 0 Å². The number of anilines is 1. The van der Waals surface area contributed by atoms with Gasteiger partial charge < -0.3 is 4.57 Å². The van der Waals surface area contributed by atoms with E-state index in [9.17, 15) is 9.59 Å². The predicted molar refractivity (Wildman–Crippen MR) is 94.0 cm³/mol. The van der Waals surface area contributed by atoms with E-state index in [1.807, 2.05) is 10.6 Å². The van der Waals surface area contributed by atoms with Crippen LogP contribution in [0.1, 0.15) is 50.5 Å². The Balaban J connectivity index is 2.67. The van der Waals surface area contributed by atoms with Gasteiger partial charge in [-0.15, -0.1) is 0 Å². The van der Waals surface area contributed by atoms with Crippen molar-refractivity contribution in [3.63, 3.8) is 0 Å². The molecule has 1 heterocycles. The van der Waals surface area contributed by atoms with Crippen molar-refractivity contribution < 1.29 is 9.59 Å². The smallest absolute Gasteiger partial charge is 0.291 e. The Morgan fingerprint density at radius 1 is 1.14 bits per heavy atom. The van der Waals surface area contributed by atoms with Gasteiger partial charge in [-0.3, -0.25) is 9.59 Å². The van der Waals surface area contributed by atoms with Crippen LogP contribution < -0.4 is 4.57 Å². The third-order valence-electron chi connectivity index (χ3n) is 5.01. The van der Waals surface area contributed by atoms with Gasteiger partial charge in [-0.05, 0) is 29.0 Å². The zero-order valence-electron chi connectivity index (χ0n) is 14.8. The number of amides is 1. The second-order valence-electron chi connectivity index (χ2n) is 8.19. The van der Waals surface area contributed by atoms with Gasteiger partial charge in [0.15, 0.2) is 8.24 Å². The van der Waals surface area contributed by atoms with Crippen molar-refractivity contribution in [2.24, 2.45) is 5.92 Å². The highest BCUT2D eigenvalue weighted by atomic mass is 28.3. The number of benzene rings is 1. The van der Waals surface area contributed by atoms with E-state index < -0.39 is 8.24 Å². The van der Waals surface area contributed by atoms with E-state index in [1.54, 1.807) is 6.07 Å². The molecule has 1 aromatic rings. The number of ketones is 1. The number of para-hydroxylation sites is 1. The highest BCUT2D eigenvalue weighted by Gasteiger charge is 2.51. The topological polar surface area (TPSA) is 37.4 Å². The quantitative estimate of drug-likeness (QED) is 0.611. The Bertz CT molecular complexity index is 626. The van der Waals surface area contributed by atoms with Crippen LogP contribution >= 0.6 is 0 Å². The van der Waals surface area contributed by atoms with Crippen LogP contribution in [0.3, 0.4) is 0 Å². The van der Waals surface area contributed by atoms with Crippen LogP contribution in [0.15, 0.2) is 18.2 Å². The maximum Gasteiger partial charge on any atom is 0.291 e. The van der Waals surface area contributed by atoms with E-state index in [0.717, 1.165) is 17.7 Å². The molecule has 0 radical (unpaired) electrons. The zero-order valence-corrected chi connectivity index (χ0v) is 15.8. The Hall–Kier alpha value is -1.42. The molecule has 2 rings (SSSR count).